The van der Waals surface area contributed by atoms with Gasteiger partial charge >= 0.3 is 0 Å². The van der Waals surface area contributed by atoms with Gasteiger partial charge in [0, 0.05) is 18.0 Å². The van der Waals surface area contributed by atoms with Crippen LogP contribution in [0.2, 0.25) is 0 Å². The first-order chi connectivity index (χ1) is 6.22. The number of anilines is 1. The summed E-state index contributed by atoms with van der Waals surface area (Å²) in [6.07, 6.45) is 3.96. The summed E-state index contributed by atoms with van der Waals surface area (Å²) in [5.74, 6) is 0.973. The monoisotopic (exact) mass is 196 g/mol. The highest BCUT2D eigenvalue weighted by atomic mass is 32.2. The maximum absolute atomic E-state index is 4.23. The molecule has 1 heterocycles. The second-order valence-corrected chi connectivity index (χ2v) is 4.42. The van der Waals surface area contributed by atoms with Crippen molar-refractivity contribution in [2.24, 2.45) is 0 Å². The number of thioether (sulfide) groups is 1. The van der Waals surface area contributed by atoms with Gasteiger partial charge in [0.1, 0.15) is 5.82 Å². The Balaban J connectivity index is 2.45. The Bertz CT molecular complexity index is 263. The Morgan fingerprint density at radius 1 is 1.62 bits per heavy atom. The minimum Gasteiger partial charge on any atom is -0.369 e. The molecule has 1 atom stereocenters. The highest BCUT2D eigenvalue weighted by molar-refractivity contribution is 7.99. The quantitative estimate of drug-likeness (QED) is 0.801. The second kappa shape index (κ2) is 5.12. The summed E-state index contributed by atoms with van der Waals surface area (Å²) in [5.41, 5.74) is 1.24. The largest absolute Gasteiger partial charge is 0.369 e. The van der Waals surface area contributed by atoms with E-state index >= 15 is 0 Å². The molecular weight excluding hydrogens is 180 g/mol. The maximum Gasteiger partial charge on any atom is 0.126 e. The van der Waals surface area contributed by atoms with Gasteiger partial charge in [-0.15, -0.1) is 0 Å². The first kappa shape index (κ1) is 10.4. The van der Waals surface area contributed by atoms with E-state index in [1.807, 2.05) is 24.0 Å². The maximum atomic E-state index is 4.23. The lowest BCUT2D eigenvalue weighted by Gasteiger charge is -2.10. The highest BCUT2D eigenvalue weighted by Crippen LogP contribution is 2.08. The first-order valence-electron chi connectivity index (χ1n) is 4.41. The van der Waals surface area contributed by atoms with Gasteiger partial charge in [0.15, 0.2) is 0 Å². The average molecular weight is 196 g/mol. The van der Waals surface area contributed by atoms with Crippen LogP contribution in [0.5, 0.6) is 0 Å². The van der Waals surface area contributed by atoms with E-state index in [1.165, 1.54) is 5.56 Å². The van der Waals surface area contributed by atoms with Gasteiger partial charge in [0.05, 0.1) is 0 Å². The zero-order valence-electron chi connectivity index (χ0n) is 8.37. The van der Waals surface area contributed by atoms with E-state index in [2.05, 4.69) is 36.5 Å². The van der Waals surface area contributed by atoms with Crippen molar-refractivity contribution in [3.63, 3.8) is 0 Å². The van der Waals surface area contributed by atoms with E-state index in [-0.39, 0.29) is 0 Å². The Hall–Kier alpha value is -0.700. The molecule has 1 aromatic heterocycles. The molecule has 0 saturated heterocycles. The molecule has 1 rings (SSSR count). The fourth-order valence-corrected chi connectivity index (χ4v) is 1.21. The van der Waals surface area contributed by atoms with Crippen LogP contribution in [0, 0.1) is 6.92 Å². The van der Waals surface area contributed by atoms with Crippen LogP contribution in [-0.2, 0) is 0 Å². The van der Waals surface area contributed by atoms with Crippen LogP contribution in [0.1, 0.15) is 12.5 Å². The first-order valence-corrected chi connectivity index (χ1v) is 5.70. The standard InChI is InChI=1S/C10H16N2S/c1-8-4-5-11-10(6-8)12-7-9(2)13-3/h4-6,9H,7H2,1-3H3,(H,11,12). The summed E-state index contributed by atoms with van der Waals surface area (Å²) in [6.45, 7) is 5.25. The van der Waals surface area contributed by atoms with Gasteiger partial charge < -0.3 is 5.32 Å². The number of hydrogen-bond donors (Lipinski definition) is 1. The lowest BCUT2D eigenvalue weighted by Crippen LogP contribution is -2.13. The minimum atomic E-state index is 0.627. The summed E-state index contributed by atoms with van der Waals surface area (Å²) in [5, 5.41) is 3.93. The third kappa shape index (κ3) is 3.68. The van der Waals surface area contributed by atoms with Gasteiger partial charge in [-0.1, -0.05) is 6.92 Å². The van der Waals surface area contributed by atoms with E-state index in [9.17, 15) is 0 Å². The fourth-order valence-electron chi connectivity index (χ4n) is 0.964. The molecule has 1 N–H and O–H groups in total. The van der Waals surface area contributed by atoms with E-state index in [0.29, 0.717) is 5.25 Å². The fraction of sp³-hybridized carbons (Fsp3) is 0.500. The molecule has 2 nitrogen and oxygen atoms in total. The van der Waals surface area contributed by atoms with Crippen molar-refractivity contribution in [3.8, 4) is 0 Å². The molecule has 0 saturated carbocycles. The summed E-state index contributed by atoms with van der Waals surface area (Å²) in [6, 6.07) is 4.07. The van der Waals surface area contributed by atoms with Gasteiger partial charge in [0.2, 0.25) is 0 Å². The van der Waals surface area contributed by atoms with Crippen LogP contribution in [0.3, 0.4) is 0 Å². The number of rotatable bonds is 4. The molecule has 72 valence electrons. The molecule has 0 bridgehead atoms. The number of nitrogens with one attached hydrogen (secondary N) is 1. The molecule has 0 fully saturated rings. The molecule has 0 aliphatic heterocycles. The summed E-state index contributed by atoms with van der Waals surface area (Å²) in [4.78, 5) is 4.23. The van der Waals surface area contributed by atoms with Gasteiger partial charge in [-0.2, -0.15) is 11.8 Å². The van der Waals surface area contributed by atoms with Crippen molar-refractivity contribution < 1.29 is 0 Å². The Morgan fingerprint density at radius 2 is 2.38 bits per heavy atom. The highest BCUT2D eigenvalue weighted by Gasteiger charge is 1.99. The van der Waals surface area contributed by atoms with Crippen LogP contribution < -0.4 is 5.32 Å². The SMILES string of the molecule is CSC(C)CNc1cc(C)ccn1. The van der Waals surface area contributed by atoms with Gasteiger partial charge in [0.25, 0.3) is 0 Å². The molecule has 1 aromatic rings. The van der Waals surface area contributed by atoms with E-state index in [1.54, 1.807) is 0 Å². The Labute approximate surface area is 84.1 Å². The molecule has 0 amide bonds. The van der Waals surface area contributed by atoms with Crippen LogP contribution in [0.15, 0.2) is 18.3 Å². The van der Waals surface area contributed by atoms with Crippen molar-refractivity contribution in [1.82, 2.24) is 4.98 Å². The van der Waals surface area contributed by atoms with E-state index < -0.39 is 0 Å². The summed E-state index contributed by atoms with van der Waals surface area (Å²) < 4.78 is 0. The second-order valence-electron chi connectivity index (χ2n) is 3.15. The molecule has 1 unspecified atom stereocenters. The predicted octanol–water partition coefficient (Wildman–Crippen LogP) is 2.55. The third-order valence-electron chi connectivity index (χ3n) is 1.89. The third-order valence-corrected chi connectivity index (χ3v) is 2.86. The zero-order valence-corrected chi connectivity index (χ0v) is 9.19. The molecule has 3 heteroatoms. The summed E-state index contributed by atoms with van der Waals surface area (Å²) >= 11 is 1.86. The van der Waals surface area contributed by atoms with Crippen LogP contribution in [0.25, 0.3) is 0 Å². The molecular formula is C10H16N2S. The number of aryl methyl sites for hydroxylation is 1. The van der Waals surface area contributed by atoms with E-state index in [4.69, 9.17) is 0 Å². The van der Waals surface area contributed by atoms with Gasteiger partial charge in [-0.25, -0.2) is 4.98 Å². The van der Waals surface area contributed by atoms with Crippen molar-refractivity contribution in [1.29, 1.82) is 0 Å². The Kier molecular flexibility index (Phi) is 4.09. The zero-order chi connectivity index (χ0) is 9.68. The topological polar surface area (TPSA) is 24.9 Å². The number of pyridine rings is 1. The molecule has 0 aliphatic carbocycles. The number of aromatic nitrogens is 1. The van der Waals surface area contributed by atoms with Crippen LogP contribution in [-0.4, -0.2) is 23.0 Å². The summed E-state index contributed by atoms with van der Waals surface area (Å²) in [7, 11) is 0. The Morgan fingerprint density at radius 3 is 3.00 bits per heavy atom. The van der Waals surface area contributed by atoms with E-state index in [0.717, 1.165) is 12.4 Å². The molecule has 13 heavy (non-hydrogen) atoms. The smallest absolute Gasteiger partial charge is 0.126 e. The minimum absolute atomic E-state index is 0.627. The normalized spacial score (nSPS) is 12.5. The molecule has 0 spiro atoms. The lowest BCUT2D eigenvalue weighted by molar-refractivity contribution is 0.990. The van der Waals surface area contributed by atoms with Crippen molar-refractivity contribution >= 4 is 17.6 Å². The number of hydrogen-bond acceptors (Lipinski definition) is 3. The number of nitrogens with zero attached hydrogens (tertiary/aromatic N) is 1. The molecule has 0 aliphatic rings. The van der Waals surface area contributed by atoms with Crippen molar-refractivity contribution in [2.45, 2.75) is 19.1 Å². The molecule has 0 aromatic carbocycles. The van der Waals surface area contributed by atoms with Crippen LogP contribution >= 0.6 is 11.8 Å². The average Bonchev–Trinajstić information content (AvgIpc) is 2.14. The predicted molar refractivity (Wildman–Crippen MR) is 60.4 cm³/mol. The van der Waals surface area contributed by atoms with Gasteiger partial charge in [-0.3, -0.25) is 0 Å². The van der Waals surface area contributed by atoms with Crippen LogP contribution in [0.4, 0.5) is 5.82 Å². The van der Waals surface area contributed by atoms with Gasteiger partial charge in [-0.05, 0) is 30.9 Å². The molecule has 0 radical (unpaired) electrons. The lowest BCUT2D eigenvalue weighted by atomic mass is 10.3. The van der Waals surface area contributed by atoms with Crippen molar-refractivity contribution in [2.75, 3.05) is 18.1 Å². The van der Waals surface area contributed by atoms with Crippen molar-refractivity contribution in [3.05, 3.63) is 23.9 Å².